The number of hydrogen-bond donors (Lipinski definition) is 0. The second kappa shape index (κ2) is 13.0. The van der Waals surface area contributed by atoms with Gasteiger partial charge in [0.2, 0.25) is 11.8 Å². The van der Waals surface area contributed by atoms with E-state index >= 15 is 0 Å². The van der Waals surface area contributed by atoms with Gasteiger partial charge in [-0.3, -0.25) is 4.79 Å². The number of nitrogens with zero attached hydrogens (tertiary/aromatic N) is 2. The maximum atomic E-state index is 14.2. The Bertz CT molecular complexity index is 1180. The number of carbonyl (C=O) groups excluding carboxylic acids is 1. The molecule has 2 heterocycles. The van der Waals surface area contributed by atoms with Gasteiger partial charge in [-0.1, -0.05) is 12.1 Å². The number of halogens is 1. The molecule has 1 fully saturated rings. The Morgan fingerprint density at radius 1 is 1.11 bits per heavy atom. The van der Waals surface area contributed by atoms with E-state index in [1.165, 1.54) is 30.2 Å². The Morgan fingerprint density at radius 2 is 1.97 bits per heavy atom. The summed E-state index contributed by atoms with van der Waals surface area (Å²) >= 11 is 0. The summed E-state index contributed by atoms with van der Waals surface area (Å²) in [6.07, 6.45) is 4.35. The first-order valence-corrected chi connectivity index (χ1v) is 12.2. The summed E-state index contributed by atoms with van der Waals surface area (Å²) in [5, 5.41) is 0. The summed E-state index contributed by atoms with van der Waals surface area (Å²) in [5.74, 6) is 0.537. The molecule has 0 N–H and O–H groups in total. The number of aromatic nitrogens is 1. The Morgan fingerprint density at radius 3 is 2.73 bits per heavy atom. The smallest absolute Gasteiger partial charge is 0.243 e. The molecule has 9 heteroatoms. The third kappa shape index (κ3) is 7.18. The van der Waals surface area contributed by atoms with E-state index in [1.54, 1.807) is 43.5 Å². The van der Waals surface area contributed by atoms with Crippen LogP contribution in [-0.4, -0.2) is 44.1 Å². The summed E-state index contributed by atoms with van der Waals surface area (Å²) in [7, 11) is 1.57. The van der Waals surface area contributed by atoms with E-state index in [1.807, 2.05) is 6.07 Å². The lowest BCUT2D eigenvalue weighted by Gasteiger charge is -2.25. The maximum Gasteiger partial charge on any atom is 0.243 e. The third-order valence-electron chi connectivity index (χ3n) is 5.84. The van der Waals surface area contributed by atoms with Crippen molar-refractivity contribution in [2.24, 2.45) is 0 Å². The third-order valence-corrected chi connectivity index (χ3v) is 5.84. The molecule has 0 spiro atoms. The number of ether oxygens (including phenoxy) is 5. The molecule has 0 radical (unpaired) electrons. The van der Waals surface area contributed by atoms with Gasteiger partial charge in [0.15, 0.2) is 17.9 Å². The van der Waals surface area contributed by atoms with Gasteiger partial charge in [0.05, 0.1) is 20.3 Å². The average molecular weight is 511 g/mol. The van der Waals surface area contributed by atoms with E-state index in [0.717, 1.165) is 19.3 Å². The van der Waals surface area contributed by atoms with E-state index in [9.17, 15) is 9.18 Å². The first-order chi connectivity index (χ1) is 18.0. The van der Waals surface area contributed by atoms with Gasteiger partial charge >= 0.3 is 0 Å². The molecule has 1 aromatic heterocycles. The molecule has 1 saturated heterocycles. The van der Waals surface area contributed by atoms with Crippen molar-refractivity contribution in [3.8, 4) is 23.1 Å². The fourth-order valence-corrected chi connectivity index (χ4v) is 3.96. The zero-order valence-electron chi connectivity index (χ0n) is 21.0. The number of hydrogen-bond acceptors (Lipinski definition) is 7. The Hall–Kier alpha value is -3.69. The average Bonchev–Trinajstić information content (AvgIpc) is 2.92. The van der Waals surface area contributed by atoms with E-state index in [-0.39, 0.29) is 30.4 Å². The zero-order chi connectivity index (χ0) is 26.0. The molecular weight excluding hydrogens is 479 g/mol. The molecule has 0 bridgehead atoms. The quantitative estimate of drug-likeness (QED) is 0.315. The van der Waals surface area contributed by atoms with Crippen LogP contribution >= 0.6 is 0 Å². The highest BCUT2D eigenvalue weighted by Crippen LogP contribution is 2.34. The van der Waals surface area contributed by atoms with Crippen LogP contribution in [0.2, 0.25) is 0 Å². The Balaban J connectivity index is 1.52. The molecule has 2 aromatic carbocycles. The summed E-state index contributed by atoms with van der Waals surface area (Å²) in [4.78, 5) is 18.5. The predicted molar refractivity (Wildman–Crippen MR) is 136 cm³/mol. The van der Waals surface area contributed by atoms with Crippen molar-refractivity contribution in [2.45, 2.75) is 39.0 Å². The minimum absolute atomic E-state index is 0.0123. The second-order valence-corrected chi connectivity index (χ2v) is 8.45. The molecule has 37 heavy (non-hydrogen) atoms. The van der Waals surface area contributed by atoms with Gasteiger partial charge in [-0.15, -0.1) is 0 Å². The van der Waals surface area contributed by atoms with Crippen molar-refractivity contribution in [1.82, 2.24) is 4.98 Å². The number of amides is 1. The molecule has 8 nitrogen and oxygen atoms in total. The topological polar surface area (TPSA) is 79.4 Å². The fraction of sp³-hybridized carbons (Fsp3) is 0.357. The van der Waals surface area contributed by atoms with Crippen molar-refractivity contribution >= 4 is 11.6 Å². The monoisotopic (exact) mass is 510 g/mol. The second-order valence-electron chi connectivity index (χ2n) is 8.45. The molecule has 1 amide bonds. The highest BCUT2D eigenvalue weighted by Gasteiger charge is 2.21. The number of benzene rings is 2. The Kier molecular flexibility index (Phi) is 9.29. The van der Waals surface area contributed by atoms with Gasteiger partial charge in [0.1, 0.15) is 23.8 Å². The van der Waals surface area contributed by atoms with Crippen molar-refractivity contribution in [2.75, 3.05) is 31.8 Å². The SMILES string of the molecule is COc1ccc(OCCOC2CCCCO2)c(CN(C(C)=O)c2cccnc2Oc2ccccc2F)c1. The summed E-state index contributed by atoms with van der Waals surface area (Å²) in [6.45, 7) is 2.99. The molecule has 0 aliphatic carbocycles. The number of rotatable bonds is 11. The number of para-hydroxylation sites is 1. The van der Waals surface area contributed by atoms with E-state index in [4.69, 9.17) is 23.7 Å². The zero-order valence-corrected chi connectivity index (χ0v) is 21.0. The van der Waals surface area contributed by atoms with Crippen LogP contribution in [0.1, 0.15) is 31.7 Å². The highest BCUT2D eigenvalue weighted by molar-refractivity contribution is 5.92. The van der Waals surface area contributed by atoms with Crippen molar-refractivity contribution in [3.05, 3.63) is 72.2 Å². The highest BCUT2D eigenvalue weighted by atomic mass is 19.1. The van der Waals surface area contributed by atoms with Gasteiger partial charge in [-0.25, -0.2) is 9.37 Å². The lowest BCUT2D eigenvalue weighted by atomic mass is 10.1. The summed E-state index contributed by atoms with van der Waals surface area (Å²) in [5.41, 5.74) is 1.11. The fourth-order valence-electron chi connectivity index (χ4n) is 3.96. The van der Waals surface area contributed by atoms with E-state index in [2.05, 4.69) is 4.98 Å². The van der Waals surface area contributed by atoms with E-state index in [0.29, 0.717) is 42.6 Å². The summed E-state index contributed by atoms with van der Waals surface area (Å²) < 4.78 is 42.8. The standard InChI is InChI=1S/C28H31FN2O6/c1-20(32)31(24-9-7-14-30-28(24)37-26-10-4-3-8-23(26)29)19-21-18-22(33-2)12-13-25(21)34-16-17-36-27-11-5-6-15-35-27/h3-4,7-10,12-14,18,27H,5-6,11,15-17,19H2,1-2H3. The summed E-state index contributed by atoms with van der Waals surface area (Å²) in [6, 6.07) is 14.8. The minimum Gasteiger partial charge on any atom is -0.497 e. The molecule has 1 aliphatic rings. The number of methoxy groups -OCH3 is 1. The van der Waals surface area contributed by atoms with Gasteiger partial charge in [-0.2, -0.15) is 0 Å². The van der Waals surface area contributed by atoms with Crippen LogP contribution < -0.4 is 19.1 Å². The molecule has 0 saturated carbocycles. The molecule has 1 atom stereocenters. The largest absolute Gasteiger partial charge is 0.497 e. The molecule has 1 aliphatic heterocycles. The predicted octanol–water partition coefficient (Wildman–Crippen LogP) is 5.50. The lowest BCUT2D eigenvalue weighted by molar-refractivity contribution is -0.165. The first-order valence-electron chi connectivity index (χ1n) is 12.2. The molecule has 3 aromatic rings. The molecule has 196 valence electrons. The van der Waals surface area contributed by atoms with Gasteiger partial charge in [0.25, 0.3) is 0 Å². The van der Waals surface area contributed by atoms with Crippen LogP contribution in [-0.2, 0) is 20.8 Å². The Labute approximate surface area is 215 Å². The van der Waals surface area contributed by atoms with Crippen LogP contribution in [0.25, 0.3) is 0 Å². The van der Waals surface area contributed by atoms with Crippen LogP contribution in [0.15, 0.2) is 60.8 Å². The van der Waals surface area contributed by atoms with Crippen LogP contribution in [0.5, 0.6) is 23.1 Å². The first kappa shape index (κ1) is 26.4. The van der Waals surface area contributed by atoms with Gasteiger partial charge < -0.3 is 28.6 Å². The van der Waals surface area contributed by atoms with Crippen molar-refractivity contribution in [1.29, 1.82) is 0 Å². The molecule has 1 unspecified atom stereocenters. The maximum absolute atomic E-state index is 14.2. The van der Waals surface area contributed by atoms with Crippen LogP contribution in [0, 0.1) is 5.82 Å². The number of anilines is 1. The van der Waals surface area contributed by atoms with Gasteiger partial charge in [-0.05, 0) is 61.7 Å². The normalized spacial score (nSPS) is 15.2. The number of pyridine rings is 1. The molecular formula is C28H31FN2O6. The minimum atomic E-state index is -0.530. The molecule has 4 rings (SSSR count). The van der Waals surface area contributed by atoms with E-state index < -0.39 is 5.82 Å². The van der Waals surface area contributed by atoms with Gasteiger partial charge in [0, 0.05) is 25.3 Å². The van der Waals surface area contributed by atoms with Crippen LogP contribution in [0.3, 0.4) is 0 Å². The van der Waals surface area contributed by atoms with Crippen molar-refractivity contribution in [3.63, 3.8) is 0 Å². The number of carbonyl (C=O) groups is 1. The van der Waals surface area contributed by atoms with Crippen molar-refractivity contribution < 1.29 is 32.9 Å². The van der Waals surface area contributed by atoms with Crippen LogP contribution in [0.4, 0.5) is 10.1 Å². The lowest BCUT2D eigenvalue weighted by Crippen LogP contribution is -2.29.